The smallest absolute Gasteiger partial charge is 0.467 e. The van der Waals surface area contributed by atoms with Gasteiger partial charge in [0.2, 0.25) is 5.60 Å². The van der Waals surface area contributed by atoms with Crippen LogP contribution in [0, 0.1) is 45.8 Å². The maximum atomic E-state index is 13.7. The molecule has 1 aromatic rings. The van der Waals surface area contributed by atoms with E-state index in [9.17, 15) is 24.3 Å². The van der Waals surface area contributed by atoms with Crippen LogP contribution in [0.1, 0.15) is 93.1 Å². The van der Waals surface area contributed by atoms with Crippen molar-refractivity contribution in [2.45, 2.75) is 130 Å². The fraction of sp³-hybridized carbons (Fsp3) is 0.756. The Morgan fingerprint density at radius 3 is 2.28 bits per heavy atom. The number of hydrogen-bond donors (Lipinski definition) is 1. The first-order valence-electron chi connectivity index (χ1n) is 19.4. The van der Waals surface area contributed by atoms with Crippen molar-refractivity contribution in [3.63, 3.8) is 0 Å². The Morgan fingerprint density at radius 2 is 1.64 bits per heavy atom. The van der Waals surface area contributed by atoms with Crippen molar-refractivity contribution >= 4 is 24.1 Å². The van der Waals surface area contributed by atoms with Gasteiger partial charge in [0.25, 0.3) is 0 Å². The molecule has 1 aromatic carbocycles. The first-order chi connectivity index (χ1) is 25.1. The SMILES string of the molecule is CC.COC(=O)[C@@]12O[C@@H]1C(C)C[C@@]1(O)C3CC[C@]4(C)C(CC[C@@]5(C(C)OC(=O)OCc6ccccc6)COC[C@H]54)C3[C@H](OC(C)=O)[C@H](OC(C)=O)[C@]12C. The first-order valence-corrected chi connectivity index (χ1v) is 19.4. The molecule has 2 saturated heterocycles. The zero-order valence-corrected chi connectivity index (χ0v) is 32.7. The van der Waals surface area contributed by atoms with Crippen molar-refractivity contribution in [1.29, 1.82) is 0 Å². The van der Waals surface area contributed by atoms with Crippen LogP contribution in [0.25, 0.3) is 0 Å². The van der Waals surface area contributed by atoms with Crippen molar-refractivity contribution in [1.82, 2.24) is 0 Å². The second-order valence-corrected chi connectivity index (χ2v) is 16.6. The zero-order valence-electron chi connectivity index (χ0n) is 32.7. The van der Waals surface area contributed by atoms with Gasteiger partial charge >= 0.3 is 24.1 Å². The fourth-order valence-electron chi connectivity index (χ4n) is 12.3. The third-order valence-corrected chi connectivity index (χ3v) is 14.5. The molecule has 4 aliphatic carbocycles. The number of carbonyl (C=O) groups excluding carboxylic acids is 4. The number of ether oxygens (including phenoxy) is 7. The predicted octanol–water partition coefficient (Wildman–Crippen LogP) is 5.79. The molecule has 4 saturated carbocycles. The van der Waals surface area contributed by atoms with E-state index in [2.05, 4.69) is 6.92 Å². The topological polar surface area (TPSA) is 156 Å². The van der Waals surface area contributed by atoms with Crippen LogP contribution in [0.15, 0.2) is 30.3 Å². The van der Waals surface area contributed by atoms with Gasteiger partial charge in [-0.25, -0.2) is 9.59 Å². The number of esters is 3. The van der Waals surface area contributed by atoms with Gasteiger partial charge in [0.15, 0.2) is 6.10 Å². The Kier molecular flexibility index (Phi) is 10.5. The molecule has 53 heavy (non-hydrogen) atoms. The average Bonchev–Trinajstić information content (AvgIpc) is 3.75. The van der Waals surface area contributed by atoms with E-state index < -0.39 is 82.3 Å². The molecule has 1 N–H and O–H groups in total. The molecule has 294 valence electrons. The van der Waals surface area contributed by atoms with Gasteiger partial charge < -0.3 is 38.3 Å². The van der Waals surface area contributed by atoms with Gasteiger partial charge in [-0.3, -0.25) is 9.59 Å². The van der Waals surface area contributed by atoms with E-state index >= 15 is 0 Å². The largest absolute Gasteiger partial charge is 0.508 e. The van der Waals surface area contributed by atoms with E-state index in [1.54, 1.807) is 6.92 Å². The minimum Gasteiger partial charge on any atom is -0.467 e. The second-order valence-electron chi connectivity index (χ2n) is 16.6. The molecule has 0 spiro atoms. The van der Waals surface area contributed by atoms with Crippen LogP contribution >= 0.6 is 0 Å². The maximum Gasteiger partial charge on any atom is 0.508 e. The molecule has 14 atom stereocenters. The lowest BCUT2D eigenvalue weighted by Gasteiger charge is -2.69. The van der Waals surface area contributed by atoms with Crippen LogP contribution < -0.4 is 0 Å². The quantitative estimate of drug-likeness (QED) is 0.204. The molecule has 0 radical (unpaired) electrons. The van der Waals surface area contributed by atoms with Gasteiger partial charge in [0, 0.05) is 25.2 Å². The van der Waals surface area contributed by atoms with Crippen molar-refractivity contribution in [2.24, 2.45) is 45.8 Å². The highest BCUT2D eigenvalue weighted by molar-refractivity contribution is 5.86. The summed E-state index contributed by atoms with van der Waals surface area (Å²) in [5.41, 5.74) is -4.61. The highest BCUT2D eigenvalue weighted by Crippen LogP contribution is 2.75. The van der Waals surface area contributed by atoms with Crippen molar-refractivity contribution < 1.29 is 57.4 Å². The minimum atomic E-state index is -1.58. The van der Waals surface area contributed by atoms with E-state index in [0.29, 0.717) is 45.3 Å². The van der Waals surface area contributed by atoms with Gasteiger partial charge in [0.05, 0.1) is 31.3 Å². The summed E-state index contributed by atoms with van der Waals surface area (Å²) >= 11 is 0. The lowest BCUT2D eigenvalue weighted by Crippen LogP contribution is -2.79. The Hall–Kier alpha value is -3.22. The molecule has 7 rings (SSSR count). The number of benzene rings is 1. The molecular weight excluding hydrogens is 684 g/mol. The van der Waals surface area contributed by atoms with Crippen LogP contribution in [0.3, 0.4) is 0 Å². The van der Waals surface area contributed by atoms with Crippen molar-refractivity contribution in [3.05, 3.63) is 35.9 Å². The first kappa shape index (κ1) is 39.5. The highest BCUT2D eigenvalue weighted by atomic mass is 16.7. The monoisotopic (exact) mass is 742 g/mol. The normalized spacial score (nSPS) is 43.7. The predicted molar refractivity (Wildman–Crippen MR) is 190 cm³/mol. The molecule has 0 bridgehead atoms. The molecule has 12 heteroatoms. The standard InChI is InChI=1S/C39H52O12.C2H6/c1-21-17-38(44)27-13-15-35(5)26(14-16-37(20-46-19-28(35)37)22(2)48-34(43)47-18-25-11-9-8-10-12-25)29(27)30(49-23(3)40)32(50-24(4)41)36(38,6)39(31(21)51-39)33(42)45-7;1-2/h8-12,21-22,26-32,44H,13-20H2,1-7H3;1-2H3/t21?,22?,26?,27?,28-,29?,30-,31+,32-,35+,36+,37-,38+,39-;/m0./s1. The Labute approximate surface area is 312 Å². The third kappa shape index (κ3) is 5.71. The minimum absolute atomic E-state index is 0.0300. The Bertz CT molecular complexity index is 1570. The summed E-state index contributed by atoms with van der Waals surface area (Å²) < 4.78 is 41.7. The number of carbonyl (C=O) groups is 4. The lowest BCUT2D eigenvalue weighted by molar-refractivity contribution is -0.313. The van der Waals surface area contributed by atoms with E-state index in [1.807, 2.05) is 58.0 Å². The zero-order chi connectivity index (χ0) is 38.7. The van der Waals surface area contributed by atoms with Gasteiger partial charge in [-0.2, -0.15) is 0 Å². The van der Waals surface area contributed by atoms with Gasteiger partial charge in [-0.1, -0.05) is 58.0 Å². The van der Waals surface area contributed by atoms with Crippen LogP contribution in [0.5, 0.6) is 0 Å². The fourth-order valence-corrected chi connectivity index (χ4v) is 12.3. The molecule has 2 aliphatic heterocycles. The number of methoxy groups -OCH3 is 1. The number of hydrogen-bond acceptors (Lipinski definition) is 12. The van der Waals surface area contributed by atoms with Crippen LogP contribution in [0.2, 0.25) is 0 Å². The summed E-state index contributed by atoms with van der Waals surface area (Å²) in [4.78, 5) is 52.6. The second kappa shape index (κ2) is 14.1. The summed E-state index contributed by atoms with van der Waals surface area (Å²) in [6.45, 7) is 15.5. The van der Waals surface area contributed by atoms with E-state index in [-0.39, 0.29) is 29.8 Å². The number of aliphatic hydroxyl groups is 1. The summed E-state index contributed by atoms with van der Waals surface area (Å²) in [7, 11) is 1.28. The van der Waals surface area contributed by atoms with Gasteiger partial charge in [-0.05, 0) is 80.6 Å². The number of fused-ring (bicyclic) bond motifs is 9. The summed E-state index contributed by atoms with van der Waals surface area (Å²) in [5, 5.41) is 13.3. The number of epoxide rings is 1. The summed E-state index contributed by atoms with van der Waals surface area (Å²) in [6.07, 6.45) is -1.05. The summed E-state index contributed by atoms with van der Waals surface area (Å²) in [5.74, 6) is -2.96. The van der Waals surface area contributed by atoms with Crippen molar-refractivity contribution in [2.75, 3.05) is 20.3 Å². The Morgan fingerprint density at radius 1 is 0.981 bits per heavy atom. The molecule has 5 unspecified atom stereocenters. The molecule has 6 fully saturated rings. The average molecular weight is 743 g/mol. The van der Waals surface area contributed by atoms with Crippen LogP contribution in [-0.2, 0) is 54.1 Å². The summed E-state index contributed by atoms with van der Waals surface area (Å²) in [6, 6.07) is 9.43. The molecule has 0 aromatic heterocycles. The molecule has 2 heterocycles. The Balaban J connectivity index is 0.00000236. The van der Waals surface area contributed by atoms with Crippen LogP contribution in [-0.4, -0.2) is 85.1 Å². The van der Waals surface area contributed by atoms with Gasteiger partial charge in [0.1, 0.15) is 24.9 Å². The molecule has 6 aliphatic rings. The van der Waals surface area contributed by atoms with E-state index in [4.69, 9.17) is 33.2 Å². The van der Waals surface area contributed by atoms with E-state index in [1.165, 1.54) is 21.0 Å². The maximum absolute atomic E-state index is 13.7. The van der Waals surface area contributed by atoms with E-state index in [0.717, 1.165) is 5.56 Å². The lowest BCUT2D eigenvalue weighted by atomic mass is 9.36. The number of rotatable bonds is 7. The van der Waals surface area contributed by atoms with Crippen LogP contribution in [0.4, 0.5) is 4.79 Å². The third-order valence-electron chi connectivity index (χ3n) is 14.5. The highest BCUT2D eigenvalue weighted by Gasteiger charge is 2.89. The van der Waals surface area contributed by atoms with Crippen molar-refractivity contribution in [3.8, 4) is 0 Å². The molecular formula is C41H58O12. The van der Waals surface area contributed by atoms with Gasteiger partial charge in [-0.15, -0.1) is 0 Å². The molecule has 0 amide bonds. The molecule has 12 nitrogen and oxygen atoms in total.